The van der Waals surface area contributed by atoms with Crippen molar-refractivity contribution in [3.8, 4) is 0 Å². The molecule has 1 rings (SSSR count). The Balaban J connectivity index is 2.67. The van der Waals surface area contributed by atoms with Gasteiger partial charge in [-0.1, -0.05) is 13.0 Å². The first kappa shape index (κ1) is 15.7. The smallest absolute Gasteiger partial charge is 0.182 e. The van der Waals surface area contributed by atoms with Crippen LogP contribution >= 0.6 is 0 Å². The van der Waals surface area contributed by atoms with Crippen LogP contribution < -0.4 is 0 Å². The van der Waals surface area contributed by atoms with Crippen molar-refractivity contribution < 1.29 is 18.3 Å². The van der Waals surface area contributed by atoms with Crippen molar-refractivity contribution in [2.75, 3.05) is 32.8 Å². The average Bonchev–Trinajstić information content (AvgIpc) is 2.37. The van der Waals surface area contributed by atoms with Gasteiger partial charge in [0.1, 0.15) is 11.6 Å². The van der Waals surface area contributed by atoms with E-state index in [-0.39, 0.29) is 6.54 Å². The van der Waals surface area contributed by atoms with Crippen LogP contribution in [0.4, 0.5) is 8.78 Å². The average molecular weight is 271 g/mol. The van der Waals surface area contributed by atoms with E-state index in [0.717, 1.165) is 12.1 Å². The third-order valence-electron chi connectivity index (χ3n) is 2.81. The summed E-state index contributed by atoms with van der Waals surface area (Å²) in [6.07, 6.45) is 0. The number of carbonyl (C=O) groups excluding carboxylic acids is 1. The first-order valence-electron chi connectivity index (χ1n) is 6.37. The van der Waals surface area contributed by atoms with Crippen molar-refractivity contribution in [1.29, 1.82) is 0 Å². The van der Waals surface area contributed by atoms with E-state index < -0.39 is 23.0 Å². The van der Waals surface area contributed by atoms with Crippen LogP contribution in [-0.4, -0.2) is 43.5 Å². The molecule has 0 bridgehead atoms. The first-order valence-corrected chi connectivity index (χ1v) is 6.37. The van der Waals surface area contributed by atoms with Crippen molar-refractivity contribution in [2.45, 2.75) is 13.8 Å². The molecule has 106 valence electrons. The second-order valence-electron chi connectivity index (χ2n) is 4.09. The molecule has 0 saturated heterocycles. The molecular formula is C14H19F2NO2. The quantitative estimate of drug-likeness (QED) is 0.537. The Labute approximate surface area is 112 Å². The second-order valence-corrected chi connectivity index (χ2v) is 4.09. The number of Topliss-reactive ketones (excluding diaryl/α,β-unsaturated/α-hetero) is 1. The number of ether oxygens (including phenoxy) is 1. The fourth-order valence-corrected chi connectivity index (χ4v) is 1.73. The maximum atomic E-state index is 13.5. The molecule has 0 aromatic heterocycles. The SMILES string of the molecule is CCOCCN(CC)CC(=O)c1c(F)cccc1F. The van der Waals surface area contributed by atoms with Crippen molar-refractivity contribution in [1.82, 2.24) is 4.90 Å². The van der Waals surface area contributed by atoms with Crippen molar-refractivity contribution in [3.05, 3.63) is 35.4 Å². The van der Waals surface area contributed by atoms with Crippen LogP contribution in [0.5, 0.6) is 0 Å². The molecule has 5 heteroatoms. The van der Waals surface area contributed by atoms with Gasteiger partial charge in [0.25, 0.3) is 0 Å². The zero-order valence-corrected chi connectivity index (χ0v) is 11.3. The molecule has 0 unspecified atom stereocenters. The summed E-state index contributed by atoms with van der Waals surface area (Å²) in [5.41, 5.74) is -0.461. The lowest BCUT2D eigenvalue weighted by atomic mass is 10.1. The number of benzene rings is 1. The summed E-state index contributed by atoms with van der Waals surface area (Å²) in [6.45, 7) is 6.04. The van der Waals surface area contributed by atoms with Gasteiger partial charge in [0.15, 0.2) is 5.78 Å². The van der Waals surface area contributed by atoms with Gasteiger partial charge in [-0.15, -0.1) is 0 Å². The highest BCUT2D eigenvalue weighted by atomic mass is 19.1. The third-order valence-corrected chi connectivity index (χ3v) is 2.81. The maximum absolute atomic E-state index is 13.5. The summed E-state index contributed by atoms with van der Waals surface area (Å²) in [5, 5.41) is 0. The first-order chi connectivity index (χ1) is 9.10. The van der Waals surface area contributed by atoms with Gasteiger partial charge in [-0.05, 0) is 25.6 Å². The van der Waals surface area contributed by atoms with Crippen LogP contribution in [0.15, 0.2) is 18.2 Å². The molecule has 0 aliphatic rings. The van der Waals surface area contributed by atoms with Gasteiger partial charge in [0.05, 0.1) is 18.7 Å². The highest BCUT2D eigenvalue weighted by Crippen LogP contribution is 2.13. The molecule has 0 fully saturated rings. The molecule has 0 heterocycles. The molecule has 0 radical (unpaired) electrons. The van der Waals surface area contributed by atoms with Gasteiger partial charge in [0, 0.05) is 13.2 Å². The molecule has 0 spiro atoms. The number of ketones is 1. The topological polar surface area (TPSA) is 29.5 Å². The van der Waals surface area contributed by atoms with E-state index in [1.807, 2.05) is 13.8 Å². The monoisotopic (exact) mass is 271 g/mol. The second kappa shape index (κ2) is 7.96. The van der Waals surface area contributed by atoms with Gasteiger partial charge in [-0.3, -0.25) is 9.69 Å². The third kappa shape index (κ3) is 4.69. The molecule has 19 heavy (non-hydrogen) atoms. The summed E-state index contributed by atoms with van der Waals surface area (Å²) in [4.78, 5) is 13.7. The Kier molecular flexibility index (Phi) is 6.59. The number of carbonyl (C=O) groups is 1. The summed E-state index contributed by atoms with van der Waals surface area (Å²) >= 11 is 0. The molecule has 0 aliphatic carbocycles. The van der Waals surface area contributed by atoms with Crippen molar-refractivity contribution in [2.24, 2.45) is 0 Å². The van der Waals surface area contributed by atoms with E-state index in [0.29, 0.717) is 26.3 Å². The molecule has 0 atom stereocenters. The normalized spacial score (nSPS) is 11.0. The van der Waals surface area contributed by atoms with Crippen molar-refractivity contribution in [3.63, 3.8) is 0 Å². The molecule has 0 N–H and O–H groups in total. The summed E-state index contributed by atoms with van der Waals surface area (Å²) in [5.74, 6) is -2.18. The van der Waals surface area contributed by atoms with Crippen LogP contribution in [0.1, 0.15) is 24.2 Å². The van der Waals surface area contributed by atoms with Crippen LogP contribution in [0.25, 0.3) is 0 Å². The molecule has 3 nitrogen and oxygen atoms in total. The van der Waals surface area contributed by atoms with E-state index in [2.05, 4.69) is 0 Å². The zero-order chi connectivity index (χ0) is 14.3. The Hall–Kier alpha value is -1.33. The number of halogens is 2. The minimum absolute atomic E-state index is 0.0125. The summed E-state index contributed by atoms with van der Waals surface area (Å²) in [6, 6.07) is 3.42. The Morgan fingerprint density at radius 1 is 1.26 bits per heavy atom. The van der Waals surface area contributed by atoms with E-state index in [1.165, 1.54) is 6.07 Å². The van der Waals surface area contributed by atoms with Crippen LogP contribution in [0.3, 0.4) is 0 Å². The lowest BCUT2D eigenvalue weighted by Crippen LogP contribution is -2.33. The Bertz CT molecular complexity index is 404. The Morgan fingerprint density at radius 2 is 1.89 bits per heavy atom. The fraction of sp³-hybridized carbons (Fsp3) is 0.500. The van der Waals surface area contributed by atoms with E-state index >= 15 is 0 Å². The van der Waals surface area contributed by atoms with Gasteiger partial charge in [-0.2, -0.15) is 0 Å². The lowest BCUT2D eigenvalue weighted by molar-refractivity contribution is 0.0860. The molecule has 0 saturated carbocycles. The highest BCUT2D eigenvalue weighted by Gasteiger charge is 2.19. The van der Waals surface area contributed by atoms with Gasteiger partial charge >= 0.3 is 0 Å². The molecule has 0 aliphatic heterocycles. The van der Waals surface area contributed by atoms with E-state index in [1.54, 1.807) is 4.90 Å². The summed E-state index contributed by atoms with van der Waals surface area (Å²) in [7, 11) is 0. The standard InChI is InChI=1S/C14H19F2NO2/c1-3-17(8-9-19-4-2)10-13(18)14-11(15)6-5-7-12(14)16/h5-7H,3-4,8-10H2,1-2H3. The fourth-order valence-electron chi connectivity index (χ4n) is 1.73. The molecule has 0 amide bonds. The van der Waals surface area contributed by atoms with E-state index in [4.69, 9.17) is 4.74 Å². The van der Waals surface area contributed by atoms with Crippen LogP contribution in [0.2, 0.25) is 0 Å². The number of likely N-dealkylation sites (N-methyl/N-ethyl adjacent to an activating group) is 1. The lowest BCUT2D eigenvalue weighted by Gasteiger charge is -2.19. The Morgan fingerprint density at radius 3 is 2.42 bits per heavy atom. The minimum atomic E-state index is -0.814. The van der Waals surface area contributed by atoms with Crippen molar-refractivity contribution >= 4 is 5.78 Å². The predicted molar refractivity (Wildman–Crippen MR) is 69.3 cm³/mol. The number of hydrogen-bond donors (Lipinski definition) is 0. The van der Waals surface area contributed by atoms with Crippen LogP contribution in [-0.2, 0) is 4.74 Å². The van der Waals surface area contributed by atoms with Gasteiger partial charge in [-0.25, -0.2) is 8.78 Å². The summed E-state index contributed by atoms with van der Waals surface area (Å²) < 4.78 is 32.1. The van der Waals surface area contributed by atoms with Crippen LogP contribution in [0, 0.1) is 11.6 Å². The largest absolute Gasteiger partial charge is 0.380 e. The van der Waals surface area contributed by atoms with Gasteiger partial charge in [0.2, 0.25) is 0 Å². The molecular weight excluding hydrogens is 252 g/mol. The molecule has 1 aromatic rings. The van der Waals surface area contributed by atoms with Gasteiger partial charge < -0.3 is 4.74 Å². The van der Waals surface area contributed by atoms with E-state index in [9.17, 15) is 13.6 Å². The zero-order valence-electron chi connectivity index (χ0n) is 11.3. The number of rotatable bonds is 8. The minimum Gasteiger partial charge on any atom is -0.380 e. The number of nitrogens with zero attached hydrogens (tertiary/aromatic N) is 1. The highest BCUT2D eigenvalue weighted by molar-refractivity contribution is 5.98. The molecule has 1 aromatic carbocycles. The maximum Gasteiger partial charge on any atom is 0.182 e. The predicted octanol–water partition coefficient (Wildman–Crippen LogP) is 2.51. The number of hydrogen-bond acceptors (Lipinski definition) is 3.